The van der Waals surface area contributed by atoms with Crippen molar-refractivity contribution in [1.29, 1.82) is 5.26 Å². The van der Waals surface area contributed by atoms with Gasteiger partial charge in [0, 0.05) is 24.8 Å². The SMILES string of the molecule is N#Cc1ccc(NC(=O)COC(=O)c2ccc(N3CCCC3)c([N+](=O)[O-])c2)cc1Cl. The monoisotopic (exact) mass is 428 g/mol. The van der Waals surface area contributed by atoms with Gasteiger partial charge in [0.05, 0.1) is 21.1 Å². The van der Waals surface area contributed by atoms with Crippen LogP contribution in [0.5, 0.6) is 0 Å². The highest BCUT2D eigenvalue weighted by Crippen LogP contribution is 2.31. The van der Waals surface area contributed by atoms with Gasteiger partial charge in [0.1, 0.15) is 11.8 Å². The van der Waals surface area contributed by atoms with Gasteiger partial charge in [-0.2, -0.15) is 5.26 Å². The third kappa shape index (κ3) is 4.85. The lowest BCUT2D eigenvalue weighted by atomic mass is 10.1. The number of carbonyl (C=O) groups is 2. The molecule has 1 amide bonds. The molecule has 0 aromatic heterocycles. The minimum Gasteiger partial charge on any atom is -0.452 e. The number of nitrogens with one attached hydrogen (secondary N) is 1. The quantitative estimate of drug-likeness (QED) is 0.423. The van der Waals surface area contributed by atoms with Gasteiger partial charge in [0.25, 0.3) is 11.6 Å². The summed E-state index contributed by atoms with van der Waals surface area (Å²) >= 11 is 5.90. The fourth-order valence-electron chi connectivity index (χ4n) is 3.12. The number of nitro benzene ring substituents is 1. The first-order chi connectivity index (χ1) is 14.4. The normalized spacial score (nSPS) is 12.9. The van der Waals surface area contributed by atoms with E-state index >= 15 is 0 Å². The Labute approximate surface area is 176 Å². The van der Waals surface area contributed by atoms with Crippen LogP contribution >= 0.6 is 11.6 Å². The molecular formula is C20H17ClN4O5. The number of rotatable bonds is 6. The second kappa shape index (κ2) is 9.24. The summed E-state index contributed by atoms with van der Waals surface area (Å²) < 4.78 is 4.96. The Balaban J connectivity index is 1.63. The number of hydrogen-bond acceptors (Lipinski definition) is 7. The zero-order chi connectivity index (χ0) is 21.7. The summed E-state index contributed by atoms with van der Waals surface area (Å²) in [4.78, 5) is 37.1. The number of anilines is 2. The Morgan fingerprint density at radius 3 is 2.60 bits per heavy atom. The third-order valence-electron chi connectivity index (χ3n) is 4.56. The van der Waals surface area contributed by atoms with Crippen LogP contribution in [-0.2, 0) is 9.53 Å². The van der Waals surface area contributed by atoms with Crippen LogP contribution in [-0.4, -0.2) is 36.5 Å². The molecule has 3 rings (SSSR count). The van der Waals surface area contributed by atoms with Crippen molar-refractivity contribution < 1.29 is 19.2 Å². The topological polar surface area (TPSA) is 126 Å². The van der Waals surface area contributed by atoms with Crippen LogP contribution in [0.1, 0.15) is 28.8 Å². The van der Waals surface area contributed by atoms with Crippen molar-refractivity contribution in [2.75, 3.05) is 29.9 Å². The van der Waals surface area contributed by atoms with E-state index in [-0.39, 0.29) is 21.8 Å². The van der Waals surface area contributed by atoms with Gasteiger partial charge in [-0.3, -0.25) is 14.9 Å². The summed E-state index contributed by atoms with van der Waals surface area (Å²) in [7, 11) is 0. The van der Waals surface area contributed by atoms with E-state index in [9.17, 15) is 19.7 Å². The van der Waals surface area contributed by atoms with Gasteiger partial charge in [-0.25, -0.2) is 4.79 Å². The highest BCUT2D eigenvalue weighted by atomic mass is 35.5. The van der Waals surface area contributed by atoms with Crippen LogP contribution in [0.25, 0.3) is 0 Å². The average molecular weight is 429 g/mol. The van der Waals surface area contributed by atoms with E-state index in [1.54, 1.807) is 0 Å². The van der Waals surface area contributed by atoms with Crippen molar-refractivity contribution in [1.82, 2.24) is 0 Å². The van der Waals surface area contributed by atoms with E-state index < -0.39 is 23.4 Å². The standard InChI is InChI=1S/C20H17ClN4O5/c21-16-10-15(5-3-14(16)11-22)23-19(26)12-30-20(27)13-4-6-17(18(9-13)25(28)29)24-7-1-2-8-24/h3-6,9-10H,1-2,7-8,12H2,(H,23,26). The zero-order valence-electron chi connectivity index (χ0n) is 15.8. The molecule has 154 valence electrons. The maximum atomic E-state index is 12.3. The number of amides is 1. The molecule has 0 aliphatic carbocycles. The molecule has 2 aromatic carbocycles. The molecule has 1 aliphatic rings. The van der Waals surface area contributed by atoms with Crippen LogP contribution in [0.2, 0.25) is 5.02 Å². The largest absolute Gasteiger partial charge is 0.452 e. The number of ether oxygens (including phenoxy) is 1. The van der Waals surface area contributed by atoms with Crippen LogP contribution in [0.3, 0.4) is 0 Å². The molecule has 0 bridgehead atoms. The van der Waals surface area contributed by atoms with Crippen LogP contribution in [0, 0.1) is 21.4 Å². The molecule has 0 radical (unpaired) electrons. The number of benzene rings is 2. The molecule has 30 heavy (non-hydrogen) atoms. The van der Waals surface area contributed by atoms with Gasteiger partial charge in [0.2, 0.25) is 0 Å². The van der Waals surface area contributed by atoms with Crippen LogP contribution in [0.15, 0.2) is 36.4 Å². The Kier molecular flexibility index (Phi) is 6.49. The first-order valence-corrected chi connectivity index (χ1v) is 9.47. The van der Waals surface area contributed by atoms with Gasteiger partial charge in [-0.1, -0.05) is 11.6 Å². The summed E-state index contributed by atoms with van der Waals surface area (Å²) in [5, 5.41) is 23.0. The zero-order valence-corrected chi connectivity index (χ0v) is 16.5. The fourth-order valence-corrected chi connectivity index (χ4v) is 3.34. The molecular weight excluding hydrogens is 412 g/mol. The second-order valence-corrected chi connectivity index (χ2v) is 6.99. The number of nitriles is 1. The Morgan fingerprint density at radius 1 is 1.23 bits per heavy atom. The fraction of sp³-hybridized carbons (Fsp3) is 0.250. The van der Waals surface area contributed by atoms with Gasteiger partial charge in [-0.15, -0.1) is 0 Å². The molecule has 1 N–H and O–H groups in total. The van der Waals surface area contributed by atoms with E-state index in [4.69, 9.17) is 21.6 Å². The van der Waals surface area contributed by atoms with Crippen LogP contribution in [0.4, 0.5) is 17.1 Å². The van der Waals surface area contributed by atoms with Gasteiger partial charge in [0.15, 0.2) is 6.61 Å². The molecule has 0 unspecified atom stereocenters. The molecule has 1 fully saturated rings. The first kappa shape index (κ1) is 21.1. The van der Waals surface area contributed by atoms with Gasteiger partial charge < -0.3 is 15.0 Å². The number of nitrogens with zero attached hydrogens (tertiary/aromatic N) is 3. The second-order valence-electron chi connectivity index (χ2n) is 6.59. The summed E-state index contributed by atoms with van der Waals surface area (Å²) in [6, 6.07) is 10.4. The van der Waals surface area contributed by atoms with Crippen molar-refractivity contribution >= 4 is 40.5 Å². The molecule has 1 saturated heterocycles. The predicted molar refractivity (Wildman–Crippen MR) is 110 cm³/mol. The highest BCUT2D eigenvalue weighted by Gasteiger charge is 2.24. The molecule has 0 spiro atoms. The van der Waals surface area contributed by atoms with E-state index in [0.29, 0.717) is 11.4 Å². The smallest absolute Gasteiger partial charge is 0.338 e. The van der Waals surface area contributed by atoms with Gasteiger partial charge in [-0.05, 0) is 43.2 Å². The molecule has 10 heteroatoms. The summed E-state index contributed by atoms with van der Waals surface area (Å²) in [5.41, 5.74) is 0.872. The van der Waals surface area contributed by atoms with Crippen molar-refractivity contribution in [2.24, 2.45) is 0 Å². The molecule has 0 atom stereocenters. The number of nitro groups is 1. The maximum absolute atomic E-state index is 12.3. The minimum absolute atomic E-state index is 0.0149. The summed E-state index contributed by atoms with van der Waals surface area (Å²) in [6.07, 6.45) is 1.92. The molecule has 2 aromatic rings. The number of esters is 1. The Bertz CT molecular complexity index is 1040. The van der Waals surface area contributed by atoms with Gasteiger partial charge >= 0.3 is 5.97 Å². The molecule has 1 aliphatic heterocycles. The molecule has 9 nitrogen and oxygen atoms in total. The van der Waals surface area contributed by atoms with Crippen molar-refractivity contribution in [3.05, 3.63) is 62.7 Å². The highest BCUT2D eigenvalue weighted by molar-refractivity contribution is 6.32. The van der Waals surface area contributed by atoms with Crippen LogP contribution < -0.4 is 10.2 Å². The predicted octanol–water partition coefficient (Wildman–Crippen LogP) is 3.52. The van der Waals surface area contributed by atoms with Crippen molar-refractivity contribution in [3.8, 4) is 6.07 Å². The lowest BCUT2D eigenvalue weighted by molar-refractivity contribution is -0.384. The Hall–Kier alpha value is -3.64. The molecule has 1 heterocycles. The van der Waals surface area contributed by atoms with E-state index in [0.717, 1.165) is 32.0 Å². The number of halogens is 1. The van der Waals surface area contributed by atoms with Crippen molar-refractivity contribution in [2.45, 2.75) is 12.8 Å². The average Bonchev–Trinajstić information content (AvgIpc) is 3.26. The first-order valence-electron chi connectivity index (χ1n) is 9.09. The van der Waals surface area contributed by atoms with Crippen molar-refractivity contribution in [3.63, 3.8) is 0 Å². The van der Waals surface area contributed by atoms with E-state index in [1.807, 2.05) is 11.0 Å². The summed E-state index contributed by atoms with van der Waals surface area (Å²) in [6.45, 7) is 0.868. The van der Waals surface area contributed by atoms with E-state index in [2.05, 4.69) is 5.32 Å². The minimum atomic E-state index is -0.848. The van der Waals surface area contributed by atoms with E-state index in [1.165, 1.54) is 30.3 Å². The Morgan fingerprint density at radius 2 is 1.97 bits per heavy atom. The summed E-state index contributed by atoms with van der Waals surface area (Å²) in [5.74, 6) is -1.47. The molecule has 0 saturated carbocycles. The third-order valence-corrected chi connectivity index (χ3v) is 4.87. The lowest BCUT2D eigenvalue weighted by Gasteiger charge is -2.17. The number of carbonyl (C=O) groups excluding carboxylic acids is 2. The number of hydrogen-bond donors (Lipinski definition) is 1. The lowest BCUT2D eigenvalue weighted by Crippen LogP contribution is -2.21. The maximum Gasteiger partial charge on any atom is 0.338 e.